The third-order valence-electron chi connectivity index (χ3n) is 3.13. The molecule has 1 aliphatic heterocycles. The standard InChI is InChI=1S/C15H11Cl2NO2/c16-11-6-5-10(7-12(11)17)8-18-13-3-1-2-4-14(13)20-9-15(18)19/h1-7H,8-9H2. The van der Waals surface area contributed by atoms with E-state index in [4.69, 9.17) is 27.9 Å². The van der Waals surface area contributed by atoms with Crippen LogP contribution in [0.5, 0.6) is 5.75 Å². The number of hydrogen-bond donors (Lipinski definition) is 0. The van der Waals surface area contributed by atoms with E-state index in [2.05, 4.69) is 0 Å². The fourth-order valence-corrected chi connectivity index (χ4v) is 2.47. The largest absolute Gasteiger partial charge is 0.482 e. The number of rotatable bonds is 2. The molecular formula is C15H11Cl2NO2. The minimum Gasteiger partial charge on any atom is -0.482 e. The number of para-hydroxylation sites is 2. The number of carbonyl (C=O) groups excluding carboxylic acids is 1. The molecule has 0 saturated carbocycles. The highest BCUT2D eigenvalue weighted by molar-refractivity contribution is 6.42. The van der Waals surface area contributed by atoms with Crippen molar-refractivity contribution in [1.29, 1.82) is 0 Å². The van der Waals surface area contributed by atoms with Gasteiger partial charge in [-0.3, -0.25) is 4.79 Å². The van der Waals surface area contributed by atoms with Gasteiger partial charge >= 0.3 is 0 Å². The second kappa shape index (κ2) is 5.35. The molecule has 102 valence electrons. The Labute approximate surface area is 126 Å². The van der Waals surface area contributed by atoms with Crippen molar-refractivity contribution in [2.45, 2.75) is 6.54 Å². The molecule has 0 fully saturated rings. The molecule has 0 bridgehead atoms. The highest BCUT2D eigenvalue weighted by Crippen LogP contribution is 2.33. The summed E-state index contributed by atoms with van der Waals surface area (Å²) in [7, 11) is 0. The summed E-state index contributed by atoms with van der Waals surface area (Å²) in [4.78, 5) is 13.7. The first kappa shape index (κ1) is 13.3. The Balaban J connectivity index is 1.93. The first-order valence-electron chi connectivity index (χ1n) is 6.11. The van der Waals surface area contributed by atoms with Crippen molar-refractivity contribution in [2.24, 2.45) is 0 Å². The van der Waals surface area contributed by atoms with E-state index >= 15 is 0 Å². The second-order valence-electron chi connectivity index (χ2n) is 4.48. The Morgan fingerprint density at radius 1 is 1.10 bits per heavy atom. The van der Waals surface area contributed by atoms with Gasteiger partial charge < -0.3 is 9.64 Å². The van der Waals surface area contributed by atoms with Crippen LogP contribution in [0.25, 0.3) is 0 Å². The summed E-state index contributed by atoms with van der Waals surface area (Å²) in [6, 6.07) is 12.8. The van der Waals surface area contributed by atoms with Crippen LogP contribution in [0.15, 0.2) is 42.5 Å². The number of ether oxygens (including phenoxy) is 1. The molecule has 0 aromatic heterocycles. The van der Waals surface area contributed by atoms with Gasteiger partial charge in [-0.05, 0) is 29.8 Å². The summed E-state index contributed by atoms with van der Waals surface area (Å²) < 4.78 is 5.41. The average Bonchev–Trinajstić information content (AvgIpc) is 2.46. The molecule has 0 unspecified atom stereocenters. The maximum absolute atomic E-state index is 12.1. The number of carbonyl (C=O) groups is 1. The van der Waals surface area contributed by atoms with Crippen LogP contribution < -0.4 is 9.64 Å². The zero-order valence-electron chi connectivity index (χ0n) is 10.5. The van der Waals surface area contributed by atoms with E-state index in [1.54, 1.807) is 17.0 Å². The van der Waals surface area contributed by atoms with Gasteiger partial charge in [0.2, 0.25) is 0 Å². The van der Waals surface area contributed by atoms with Gasteiger partial charge in [0.1, 0.15) is 5.75 Å². The average molecular weight is 308 g/mol. The lowest BCUT2D eigenvalue weighted by atomic mass is 10.1. The number of benzene rings is 2. The van der Waals surface area contributed by atoms with Crippen molar-refractivity contribution < 1.29 is 9.53 Å². The minimum atomic E-state index is -0.0743. The normalized spacial score (nSPS) is 13.9. The van der Waals surface area contributed by atoms with E-state index in [0.717, 1.165) is 11.3 Å². The molecule has 0 spiro atoms. The molecule has 1 heterocycles. The predicted molar refractivity (Wildman–Crippen MR) is 79.6 cm³/mol. The van der Waals surface area contributed by atoms with Crippen LogP contribution in [0.4, 0.5) is 5.69 Å². The van der Waals surface area contributed by atoms with Crippen LogP contribution in [0.3, 0.4) is 0 Å². The number of halogens is 2. The van der Waals surface area contributed by atoms with Gasteiger partial charge in [-0.15, -0.1) is 0 Å². The fraction of sp³-hybridized carbons (Fsp3) is 0.133. The molecule has 3 nitrogen and oxygen atoms in total. The van der Waals surface area contributed by atoms with Gasteiger partial charge in [-0.25, -0.2) is 0 Å². The summed E-state index contributed by atoms with van der Waals surface area (Å²) in [6.45, 7) is 0.494. The first-order chi connectivity index (χ1) is 9.65. The van der Waals surface area contributed by atoms with Gasteiger partial charge in [0, 0.05) is 0 Å². The molecule has 1 aliphatic rings. The summed E-state index contributed by atoms with van der Waals surface area (Å²) in [6.07, 6.45) is 0. The van der Waals surface area contributed by atoms with Crippen molar-refractivity contribution in [3.63, 3.8) is 0 Å². The molecular weight excluding hydrogens is 297 g/mol. The zero-order chi connectivity index (χ0) is 14.1. The third-order valence-corrected chi connectivity index (χ3v) is 3.87. The van der Waals surface area contributed by atoms with Crippen LogP contribution in [-0.2, 0) is 11.3 Å². The van der Waals surface area contributed by atoms with Crippen LogP contribution >= 0.6 is 23.2 Å². The predicted octanol–water partition coefficient (Wildman–Crippen LogP) is 3.92. The number of nitrogens with zero attached hydrogens (tertiary/aromatic N) is 1. The summed E-state index contributed by atoms with van der Waals surface area (Å²) in [5.74, 6) is 0.641. The van der Waals surface area contributed by atoms with E-state index in [1.807, 2.05) is 30.3 Å². The van der Waals surface area contributed by atoms with E-state index in [-0.39, 0.29) is 12.5 Å². The first-order valence-corrected chi connectivity index (χ1v) is 6.87. The molecule has 20 heavy (non-hydrogen) atoms. The Kier molecular flexibility index (Phi) is 3.55. The van der Waals surface area contributed by atoms with Crippen molar-refractivity contribution >= 4 is 34.8 Å². The Bertz CT molecular complexity index is 673. The van der Waals surface area contributed by atoms with Crippen molar-refractivity contribution in [3.05, 3.63) is 58.1 Å². The molecule has 0 N–H and O–H groups in total. The molecule has 0 saturated heterocycles. The van der Waals surface area contributed by atoms with E-state index < -0.39 is 0 Å². The highest BCUT2D eigenvalue weighted by Gasteiger charge is 2.25. The van der Waals surface area contributed by atoms with E-state index in [1.165, 1.54) is 0 Å². The van der Waals surface area contributed by atoms with Gasteiger partial charge in [-0.2, -0.15) is 0 Å². The lowest BCUT2D eigenvalue weighted by molar-refractivity contribution is -0.121. The second-order valence-corrected chi connectivity index (χ2v) is 5.30. The Morgan fingerprint density at radius 3 is 2.70 bits per heavy atom. The highest BCUT2D eigenvalue weighted by atomic mass is 35.5. The van der Waals surface area contributed by atoms with Crippen molar-refractivity contribution in [3.8, 4) is 5.75 Å². The quantitative estimate of drug-likeness (QED) is 0.841. The monoisotopic (exact) mass is 307 g/mol. The van der Waals surface area contributed by atoms with Gasteiger partial charge in [0.05, 0.1) is 22.3 Å². The summed E-state index contributed by atoms with van der Waals surface area (Å²) in [5.41, 5.74) is 1.69. The SMILES string of the molecule is O=C1COc2ccccc2N1Cc1ccc(Cl)c(Cl)c1. The molecule has 0 atom stereocenters. The van der Waals surface area contributed by atoms with Crippen LogP contribution in [0, 0.1) is 0 Å². The van der Waals surface area contributed by atoms with Crippen LogP contribution in [0.1, 0.15) is 5.56 Å². The van der Waals surface area contributed by atoms with E-state index in [0.29, 0.717) is 22.3 Å². The van der Waals surface area contributed by atoms with Gasteiger partial charge in [-0.1, -0.05) is 41.4 Å². The Morgan fingerprint density at radius 2 is 1.90 bits per heavy atom. The minimum absolute atomic E-state index is 0.0539. The molecule has 3 rings (SSSR count). The van der Waals surface area contributed by atoms with Crippen molar-refractivity contribution in [2.75, 3.05) is 11.5 Å². The lowest BCUT2D eigenvalue weighted by Gasteiger charge is -2.29. The van der Waals surface area contributed by atoms with Gasteiger partial charge in [0.15, 0.2) is 6.61 Å². The van der Waals surface area contributed by atoms with Crippen LogP contribution in [0.2, 0.25) is 10.0 Å². The topological polar surface area (TPSA) is 29.5 Å². The molecule has 0 aliphatic carbocycles. The number of hydrogen-bond acceptors (Lipinski definition) is 2. The van der Waals surface area contributed by atoms with Gasteiger partial charge in [0.25, 0.3) is 5.91 Å². The summed E-state index contributed by atoms with van der Waals surface area (Å²) >= 11 is 11.9. The van der Waals surface area contributed by atoms with E-state index in [9.17, 15) is 4.79 Å². The van der Waals surface area contributed by atoms with Crippen LogP contribution in [-0.4, -0.2) is 12.5 Å². The maximum atomic E-state index is 12.1. The number of amides is 1. The lowest BCUT2D eigenvalue weighted by Crippen LogP contribution is -2.38. The molecule has 2 aromatic rings. The fourth-order valence-electron chi connectivity index (χ4n) is 2.15. The molecule has 0 radical (unpaired) electrons. The zero-order valence-corrected chi connectivity index (χ0v) is 12.0. The van der Waals surface area contributed by atoms with Crippen molar-refractivity contribution in [1.82, 2.24) is 0 Å². The number of fused-ring (bicyclic) bond motifs is 1. The maximum Gasteiger partial charge on any atom is 0.265 e. The summed E-state index contributed by atoms with van der Waals surface area (Å²) in [5, 5.41) is 0.988. The Hall–Kier alpha value is -1.71. The smallest absolute Gasteiger partial charge is 0.265 e. The molecule has 5 heteroatoms. The number of anilines is 1. The third kappa shape index (κ3) is 2.47. The molecule has 2 aromatic carbocycles. The molecule has 1 amide bonds.